The van der Waals surface area contributed by atoms with Crippen molar-refractivity contribution in [2.45, 2.75) is 45.9 Å². The zero-order valence-corrected chi connectivity index (χ0v) is 12.5. The van der Waals surface area contributed by atoms with Gasteiger partial charge in [0.05, 0.1) is 18.2 Å². The van der Waals surface area contributed by atoms with Crippen LogP contribution in [0.25, 0.3) is 0 Å². The van der Waals surface area contributed by atoms with Crippen molar-refractivity contribution in [3.8, 4) is 0 Å². The molecule has 5 heteroatoms. The molecule has 0 aliphatic carbocycles. The Bertz CT molecular complexity index is 447. The molecular formula is C14H24N4O. The lowest BCUT2D eigenvalue weighted by atomic mass is 10.1. The van der Waals surface area contributed by atoms with Crippen LogP contribution in [0.4, 0.5) is 5.82 Å². The van der Waals surface area contributed by atoms with E-state index in [4.69, 9.17) is 4.74 Å². The first kappa shape index (κ1) is 14.2. The molecule has 1 aliphatic rings. The van der Waals surface area contributed by atoms with Gasteiger partial charge in [0.2, 0.25) is 0 Å². The summed E-state index contributed by atoms with van der Waals surface area (Å²) in [4.78, 5) is 11.4. The molecule has 1 fully saturated rings. The summed E-state index contributed by atoms with van der Waals surface area (Å²) in [5, 5.41) is 3.08. The van der Waals surface area contributed by atoms with Crippen LogP contribution in [0.2, 0.25) is 0 Å². The fourth-order valence-corrected chi connectivity index (χ4v) is 2.74. The highest BCUT2D eigenvalue weighted by Crippen LogP contribution is 2.21. The van der Waals surface area contributed by atoms with Gasteiger partial charge in [-0.25, -0.2) is 9.97 Å². The average Bonchev–Trinajstić information content (AvgIpc) is 2.24. The summed E-state index contributed by atoms with van der Waals surface area (Å²) in [6.45, 7) is 11.0. The number of morpholine rings is 1. The van der Waals surface area contributed by atoms with Gasteiger partial charge in [0.1, 0.15) is 11.6 Å². The van der Waals surface area contributed by atoms with Gasteiger partial charge in [-0.1, -0.05) is 0 Å². The van der Waals surface area contributed by atoms with Gasteiger partial charge in [0.15, 0.2) is 0 Å². The van der Waals surface area contributed by atoms with Crippen LogP contribution in [-0.4, -0.2) is 46.7 Å². The van der Waals surface area contributed by atoms with Crippen molar-refractivity contribution in [2.75, 3.05) is 25.5 Å². The Kier molecular flexibility index (Phi) is 4.06. The van der Waals surface area contributed by atoms with Crippen LogP contribution in [0, 0.1) is 6.92 Å². The largest absolute Gasteiger partial charge is 0.373 e. The summed E-state index contributed by atoms with van der Waals surface area (Å²) in [5.41, 5.74) is 0.891. The van der Waals surface area contributed by atoms with Crippen molar-refractivity contribution in [1.82, 2.24) is 14.9 Å². The summed E-state index contributed by atoms with van der Waals surface area (Å²) in [6.07, 6.45) is 0.248. The number of ether oxygens (including phenoxy) is 1. The van der Waals surface area contributed by atoms with E-state index in [2.05, 4.69) is 41.0 Å². The molecule has 0 spiro atoms. The van der Waals surface area contributed by atoms with Crippen molar-refractivity contribution in [3.63, 3.8) is 0 Å². The fraction of sp³-hybridized carbons (Fsp3) is 0.714. The molecule has 1 saturated heterocycles. The molecular weight excluding hydrogens is 240 g/mol. The standard InChI is InChI=1S/C14H24N4O/c1-10-6-12(15-5)17-13(16-10)8-18-7-11(2)19-14(3,4)9-18/h6,11H,7-9H2,1-5H3,(H,15,16,17). The molecule has 106 valence electrons. The molecule has 0 aromatic carbocycles. The van der Waals surface area contributed by atoms with Gasteiger partial charge >= 0.3 is 0 Å². The number of nitrogens with zero attached hydrogens (tertiary/aromatic N) is 3. The summed E-state index contributed by atoms with van der Waals surface area (Å²) >= 11 is 0. The van der Waals surface area contributed by atoms with Crippen LogP contribution >= 0.6 is 0 Å². The van der Waals surface area contributed by atoms with Crippen LogP contribution in [0.5, 0.6) is 0 Å². The number of aryl methyl sites for hydroxylation is 1. The number of rotatable bonds is 3. The van der Waals surface area contributed by atoms with Crippen molar-refractivity contribution >= 4 is 5.82 Å². The van der Waals surface area contributed by atoms with E-state index < -0.39 is 0 Å². The molecule has 0 saturated carbocycles. The number of nitrogens with one attached hydrogen (secondary N) is 1. The van der Waals surface area contributed by atoms with E-state index in [1.807, 2.05) is 20.0 Å². The molecule has 5 nitrogen and oxygen atoms in total. The number of hydrogen-bond donors (Lipinski definition) is 1. The van der Waals surface area contributed by atoms with Gasteiger partial charge in [0.25, 0.3) is 0 Å². The third-order valence-corrected chi connectivity index (χ3v) is 3.16. The first-order valence-corrected chi connectivity index (χ1v) is 6.80. The fourth-order valence-electron chi connectivity index (χ4n) is 2.74. The number of aromatic nitrogens is 2. The van der Waals surface area contributed by atoms with E-state index in [-0.39, 0.29) is 11.7 Å². The highest BCUT2D eigenvalue weighted by Gasteiger charge is 2.31. The maximum absolute atomic E-state index is 5.92. The summed E-state index contributed by atoms with van der Waals surface area (Å²) < 4.78 is 5.92. The van der Waals surface area contributed by atoms with Gasteiger partial charge < -0.3 is 10.1 Å². The molecule has 0 radical (unpaired) electrons. The molecule has 0 amide bonds. The topological polar surface area (TPSA) is 50.3 Å². The number of anilines is 1. The van der Waals surface area contributed by atoms with E-state index in [1.54, 1.807) is 0 Å². The maximum Gasteiger partial charge on any atom is 0.144 e. The predicted molar refractivity (Wildman–Crippen MR) is 76.2 cm³/mol. The second-order valence-corrected chi connectivity index (χ2v) is 5.92. The third-order valence-electron chi connectivity index (χ3n) is 3.16. The molecule has 19 heavy (non-hydrogen) atoms. The summed E-state index contributed by atoms with van der Waals surface area (Å²) in [5.74, 6) is 1.75. The van der Waals surface area contributed by atoms with E-state index >= 15 is 0 Å². The van der Waals surface area contributed by atoms with Crippen molar-refractivity contribution < 1.29 is 4.74 Å². The molecule has 1 aromatic heterocycles. The quantitative estimate of drug-likeness (QED) is 0.902. The van der Waals surface area contributed by atoms with Crippen molar-refractivity contribution in [1.29, 1.82) is 0 Å². The molecule has 2 heterocycles. The van der Waals surface area contributed by atoms with Crippen LogP contribution in [0.15, 0.2) is 6.07 Å². The molecule has 1 N–H and O–H groups in total. The van der Waals surface area contributed by atoms with Gasteiger partial charge in [-0.3, -0.25) is 4.90 Å². The molecule has 1 unspecified atom stereocenters. The normalized spacial score (nSPS) is 23.3. The predicted octanol–water partition coefficient (Wildman–Crippen LogP) is 1.83. The van der Waals surface area contributed by atoms with E-state index in [9.17, 15) is 0 Å². The monoisotopic (exact) mass is 264 g/mol. The maximum atomic E-state index is 5.92. The number of hydrogen-bond acceptors (Lipinski definition) is 5. The van der Waals surface area contributed by atoms with E-state index in [0.717, 1.165) is 37.0 Å². The second kappa shape index (κ2) is 5.43. The lowest BCUT2D eigenvalue weighted by Crippen LogP contribution is -2.51. The zero-order chi connectivity index (χ0) is 14.0. The molecule has 1 aliphatic heterocycles. The Hall–Kier alpha value is -1.20. The lowest BCUT2D eigenvalue weighted by molar-refractivity contribution is -0.131. The van der Waals surface area contributed by atoms with Crippen LogP contribution in [0.1, 0.15) is 32.3 Å². The van der Waals surface area contributed by atoms with Gasteiger partial charge in [-0.05, 0) is 27.7 Å². The highest BCUT2D eigenvalue weighted by molar-refractivity contribution is 5.34. The minimum atomic E-state index is -0.104. The van der Waals surface area contributed by atoms with Gasteiger partial charge in [-0.15, -0.1) is 0 Å². The van der Waals surface area contributed by atoms with Gasteiger partial charge in [-0.2, -0.15) is 0 Å². The molecule has 1 aromatic rings. The smallest absolute Gasteiger partial charge is 0.144 e. The summed E-state index contributed by atoms with van der Waals surface area (Å²) in [6, 6.07) is 1.95. The minimum Gasteiger partial charge on any atom is -0.373 e. The zero-order valence-electron chi connectivity index (χ0n) is 12.5. The third kappa shape index (κ3) is 3.88. The SMILES string of the molecule is CNc1cc(C)nc(CN2CC(C)OC(C)(C)C2)n1. The molecule has 2 rings (SSSR count). The van der Waals surface area contributed by atoms with E-state index in [1.165, 1.54) is 0 Å². The Morgan fingerprint density at radius 3 is 2.84 bits per heavy atom. The Labute approximate surface area is 115 Å². The average molecular weight is 264 g/mol. The molecule has 0 bridgehead atoms. The minimum absolute atomic E-state index is 0.104. The highest BCUT2D eigenvalue weighted by atomic mass is 16.5. The lowest BCUT2D eigenvalue weighted by Gasteiger charge is -2.41. The first-order valence-electron chi connectivity index (χ1n) is 6.80. The van der Waals surface area contributed by atoms with Gasteiger partial charge in [0, 0.05) is 31.9 Å². The van der Waals surface area contributed by atoms with E-state index in [0.29, 0.717) is 0 Å². The Morgan fingerprint density at radius 2 is 2.21 bits per heavy atom. The summed E-state index contributed by atoms with van der Waals surface area (Å²) in [7, 11) is 1.88. The Balaban J connectivity index is 2.10. The molecule has 1 atom stereocenters. The van der Waals surface area contributed by atoms with Crippen LogP contribution in [-0.2, 0) is 11.3 Å². The van der Waals surface area contributed by atoms with Crippen molar-refractivity contribution in [2.24, 2.45) is 0 Å². The first-order chi connectivity index (χ1) is 8.88. The Morgan fingerprint density at radius 1 is 1.47 bits per heavy atom. The second-order valence-electron chi connectivity index (χ2n) is 5.92. The van der Waals surface area contributed by atoms with Crippen molar-refractivity contribution in [3.05, 3.63) is 17.6 Å². The van der Waals surface area contributed by atoms with Crippen LogP contribution < -0.4 is 5.32 Å². The van der Waals surface area contributed by atoms with Crippen LogP contribution in [0.3, 0.4) is 0 Å².